The van der Waals surface area contributed by atoms with Crippen molar-refractivity contribution in [3.05, 3.63) is 22.4 Å². The molecule has 0 aliphatic heterocycles. The topological polar surface area (TPSA) is 63.1 Å². The second kappa shape index (κ2) is 6.23. The Hall–Kier alpha value is -1.30. The third-order valence-corrected chi connectivity index (χ3v) is 3.90. The molecule has 1 fully saturated rings. The van der Waals surface area contributed by atoms with E-state index < -0.39 is 0 Å². The number of rotatable bonds is 3. The molecule has 0 spiro atoms. The molecule has 5 nitrogen and oxygen atoms in total. The number of hydrogen-bond donors (Lipinski definition) is 2. The van der Waals surface area contributed by atoms with E-state index in [-0.39, 0.29) is 11.8 Å². The first-order valence-corrected chi connectivity index (χ1v) is 7.26. The lowest BCUT2D eigenvalue weighted by atomic mass is 10.0. The molecule has 2 amide bonds. The third-order valence-electron chi connectivity index (χ3n) is 3.47. The van der Waals surface area contributed by atoms with Crippen molar-refractivity contribution in [2.24, 2.45) is 13.0 Å². The standard InChI is InChI=1S/C13H18BrN3O2/c1-17-8-10(14)7-11(17)13(19)16-15-12(18)6-9-4-2-3-5-9/h7-9H,2-6H2,1H3,(H,15,18)(H,16,19). The van der Waals surface area contributed by atoms with Gasteiger partial charge in [-0.25, -0.2) is 0 Å². The summed E-state index contributed by atoms with van der Waals surface area (Å²) in [5, 5.41) is 0. The number of nitrogens with zero attached hydrogens (tertiary/aromatic N) is 1. The Bertz CT molecular complexity index is 478. The zero-order valence-corrected chi connectivity index (χ0v) is 12.5. The second-order valence-corrected chi connectivity index (χ2v) is 5.93. The Morgan fingerprint density at radius 3 is 2.63 bits per heavy atom. The minimum Gasteiger partial charge on any atom is -0.345 e. The van der Waals surface area contributed by atoms with E-state index in [1.165, 1.54) is 12.8 Å². The molecule has 0 unspecified atom stereocenters. The van der Waals surface area contributed by atoms with E-state index in [9.17, 15) is 9.59 Å². The maximum Gasteiger partial charge on any atom is 0.286 e. The van der Waals surface area contributed by atoms with E-state index >= 15 is 0 Å². The van der Waals surface area contributed by atoms with Crippen molar-refractivity contribution in [2.45, 2.75) is 32.1 Å². The highest BCUT2D eigenvalue weighted by Gasteiger charge is 2.19. The highest BCUT2D eigenvalue weighted by atomic mass is 79.9. The van der Waals surface area contributed by atoms with Gasteiger partial charge in [-0.2, -0.15) is 0 Å². The van der Waals surface area contributed by atoms with Gasteiger partial charge in [-0.15, -0.1) is 0 Å². The Balaban J connectivity index is 1.79. The largest absolute Gasteiger partial charge is 0.345 e. The molecule has 19 heavy (non-hydrogen) atoms. The smallest absolute Gasteiger partial charge is 0.286 e. The van der Waals surface area contributed by atoms with E-state index in [2.05, 4.69) is 26.8 Å². The number of halogens is 1. The average Bonchev–Trinajstić information content (AvgIpc) is 2.96. The number of aromatic nitrogens is 1. The molecule has 1 aromatic heterocycles. The van der Waals surface area contributed by atoms with E-state index in [1.54, 1.807) is 23.9 Å². The van der Waals surface area contributed by atoms with Crippen molar-refractivity contribution in [1.82, 2.24) is 15.4 Å². The molecule has 0 aromatic carbocycles. The minimum absolute atomic E-state index is 0.117. The lowest BCUT2D eigenvalue weighted by Gasteiger charge is -2.10. The maximum atomic E-state index is 11.9. The van der Waals surface area contributed by atoms with Crippen LogP contribution in [0, 0.1) is 5.92 Å². The van der Waals surface area contributed by atoms with Crippen molar-refractivity contribution < 1.29 is 9.59 Å². The van der Waals surface area contributed by atoms with Gasteiger partial charge in [0.25, 0.3) is 5.91 Å². The SMILES string of the molecule is Cn1cc(Br)cc1C(=O)NNC(=O)CC1CCCC1. The van der Waals surface area contributed by atoms with Gasteiger partial charge in [0.05, 0.1) is 0 Å². The zero-order chi connectivity index (χ0) is 13.8. The van der Waals surface area contributed by atoms with Crippen LogP contribution < -0.4 is 10.9 Å². The second-order valence-electron chi connectivity index (χ2n) is 5.01. The highest BCUT2D eigenvalue weighted by molar-refractivity contribution is 9.10. The number of carbonyl (C=O) groups excluding carboxylic acids is 2. The summed E-state index contributed by atoms with van der Waals surface area (Å²) in [6.07, 6.45) is 6.94. The average molecular weight is 328 g/mol. The molecule has 0 saturated heterocycles. The van der Waals surface area contributed by atoms with Crippen molar-refractivity contribution in [1.29, 1.82) is 0 Å². The van der Waals surface area contributed by atoms with Gasteiger partial charge < -0.3 is 4.57 Å². The summed E-state index contributed by atoms with van der Waals surface area (Å²) in [4.78, 5) is 23.5. The van der Waals surface area contributed by atoms with Crippen LogP contribution in [-0.4, -0.2) is 16.4 Å². The van der Waals surface area contributed by atoms with Gasteiger partial charge in [0.15, 0.2) is 0 Å². The molecule has 0 bridgehead atoms. The van der Waals surface area contributed by atoms with Gasteiger partial charge in [0.1, 0.15) is 5.69 Å². The third kappa shape index (κ3) is 3.83. The summed E-state index contributed by atoms with van der Waals surface area (Å²) in [6.45, 7) is 0. The Morgan fingerprint density at radius 1 is 1.37 bits per heavy atom. The first-order valence-electron chi connectivity index (χ1n) is 6.47. The Morgan fingerprint density at radius 2 is 2.05 bits per heavy atom. The van der Waals surface area contributed by atoms with Crippen LogP contribution in [0.4, 0.5) is 0 Å². The van der Waals surface area contributed by atoms with E-state index in [1.807, 2.05) is 0 Å². The van der Waals surface area contributed by atoms with Gasteiger partial charge in [-0.05, 0) is 40.8 Å². The molecule has 1 aliphatic carbocycles. The molecule has 0 radical (unpaired) electrons. The summed E-state index contributed by atoms with van der Waals surface area (Å²) < 4.78 is 2.53. The minimum atomic E-state index is -0.312. The summed E-state index contributed by atoms with van der Waals surface area (Å²) in [6, 6.07) is 1.71. The quantitative estimate of drug-likeness (QED) is 0.835. The van der Waals surface area contributed by atoms with Gasteiger partial charge >= 0.3 is 0 Å². The first-order chi connectivity index (χ1) is 9.06. The van der Waals surface area contributed by atoms with Crippen molar-refractivity contribution in [3.8, 4) is 0 Å². The van der Waals surface area contributed by atoms with E-state index in [0.717, 1.165) is 17.3 Å². The van der Waals surface area contributed by atoms with Crippen molar-refractivity contribution in [2.75, 3.05) is 0 Å². The monoisotopic (exact) mass is 327 g/mol. The van der Waals surface area contributed by atoms with Crippen LogP contribution in [0.25, 0.3) is 0 Å². The molecule has 6 heteroatoms. The summed E-state index contributed by atoms with van der Waals surface area (Å²) in [7, 11) is 1.78. The molecular weight excluding hydrogens is 310 g/mol. The molecule has 1 aliphatic rings. The maximum absolute atomic E-state index is 11.9. The molecule has 104 valence electrons. The van der Waals surface area contributed by atoms with E-state index in [0.29, 0.717) is 18.0 Å². The number of nitrogens with one attached hydrogen (secondary N) is 2. The van der Waals surface area contributed by atoms with Crippen LogP contribution in [0.3, 0.4) is 0 Å². The molecule has 1 saturated carbocycles. The lowest BCUT2D eigenvalue weighted by Crippen LogP contribution is -2.42. The van der Waals surface area contributed by atoms with E-state index in [4.69, 9.17) is 0 Å². The van der Waals surface area contributed by atoms with Crippen LogP contribution >= 0.6 is 15.9 Å². The number of amides is 2. The number of hydrazine groups is 1. The first kappa shape index (κ1) is 14.1. The fraction of sp³-hybridized carbons (Fsp3) is 0.538. The predicted octanol–water partition coefficient (Wildman–Crippen LogP) is 2.13. The lowest BCUT2D eigenvalue weighted by molar-refractivity contribution is -0.122. The van der Waals surface area contributed by atoms with Gasteiger partial charge in [-0.1, -0.05) is 12.8 Å². The summed E-state index contributed by atoms with van der Waals surface area (Å²) >= 11 is 3.30. The Labute approximate surface area is 120 Å². The molecule has 2 N–H and O–H groups in total. The predicted molar refractivity (Wildman–Crippen MR) is 75.3 cm³/mol. The number of hydrogen-bond acceptors (Lipinski definition) is 2. The number of aryl methyl sites for hydroxylation is 1. The fourth-order valence-electron chi connectivity index (χ4n) is 2.47. The van der Waals surface area contributed by atoms with Gasteiger partial charge in [0, 0.05) is 24.1 Å². The van der Waals surface area contributed by atoms with Crippen LogP contribution in [-0.2, 0) is 11.8 Å². The summed E-state index contributed by atoms with van der Waals surface area (Å²) in [5.74, 6) is 0.0441. The van der Waals surface area contributed by atoms with Gasteiger partial charge in [0.2, 0.25) is 5.91 Å². The molecule has 1 heterocycles. The molecule has 0 atom stereocenters. The number of carbonyl (C=O) groups is 2. The molecular formula is C13H18BrN3O2. The fourth-order valence-corrected chi connectivity index (χ4v) is 2.99. The van der Waals surface area contributed by atoms with Crippen LogP contribution in [0.15, 0.2) is 16.7 Å². The van der Waals surface area contributed by atoms with Crippen molar-refractivity contribution in [3.63, 3.8) is 0 Å². The Kier molecular flexibility index (Phi) is 4.63. The normalized spacial score (nSPS) is 15.5. The summed E-state index contributed by atoms with van der Waals surface area (Å²) in [5.41, 5.74) is 5.42. The highest BCUT2D eigenvalue weighted by Crippen LogP contribution is 2.27. The van der Waals surface area contributed by atoms with Crippen LogP contribution in [0.1, 0.15) is 42.6 Å². The van der Waals surface area contributed by atoms with Crippen molar-refractivity contribution >= 4 is 27.7 Å². The molecule has 1 aromatic rings. The van der Waals surface area contributed by atoms with Gasteiger partial charge in [-0.3, -0.25) is 20.4 Å². The van der Waals surface area contributed by atoms with Crippen LogP contribution in [0.5, 0.6) is 0 Å². The van der Waals surface area contributed by atoms with Crippen LogP contribution in [0.2, 0.25) is 0 Å². The molecule has 2 rings (SSSR count). The zero-order valence-electron chi connectivity index (χ0n) is 10.9.